The van der Waals surface area contributed by atoms with Crippen molar-refractivity contribution in [2.45, 2.75) is 45.1 Å². The van der Waals surface area contributed by atoms with Gasteiger partial charge in [-0.1, -0.05) is 18.2 Å². The fourth-order valence-electron chi connectivity index (χ4n) is 5.59. The first-order valence-corrected chi connectivity index (χ1v) is 8.57. The summed E-state index contributed by atoms with van der Waals surface area (Å²) in [5.74, 6) is 4.11. The molecule has 0 amide bonds. The van der Waals surface area contributed by atoms with Crippen LogP contribution in [0.1, 0.15) is 41.9 Å². The van der Waals surface area contributed by atoms with E-state index >= 15 is 0 Å². The topological polar surface area (TPSA) is 46.2 Å². The van der Waals surface area contributed by atoms with Gasteiger partial charge < -0.3 is 10.8 Å². The minimum atomic E-state index is -0.240. The molecule has 0 radical (unpaired) electrons. The fourth-order valence-corrected chi connectivity index (χ4v) is 5.59. The number of aliphatic hydroxyl groups excluding tert-OH is 1. The number of hydrogen-bond acceptors (Lipinski definition) is 2. The van der Waals surface area contributed by atoms with Gasteiger partial charge in [0.1, 0.15) is 0 Å². The van der Waals surface area contributed by atoms with E-state index in [4.69, 9.17) is 5.73 Å². The molecule has 0 heterocycles. The van der Waals surface area contributed by atoms with Gasteiger partial charge >= 0.3 is 0 Å². The Bertz CT molecular complexity index is 538. The molecule has 3 saturated carbocycles. The Hall–Kier alpha value is -0.860. The van der Waals surface area contributed by atoms with Crippen molar-refractivity contribution in [1.29, 1.82) is 0 Å². The van der Waals surface area contributed by atoms with Crippen LogP contribution >= 0.6 is 0 Å². The monoisotopic (exact) mass is 285 g/mol. The molecule has 0 saturated heterocycles. The Morgan fingerprint density at radius 3 is 2.38 bits per heavy atom. The molecule has 4 rings (SSSR count). The van der Waals surface area contributed by atoms with Crippen LogP contribution in [0.15, 0.2) is 18.2 Å². The summed E-state index contributed by atoms with van der Waals surface area (Å²) >= 11 is 0. The summed E-state index contributed by atoms with van der Waals surface area (Å²) in [5, 5.41) is 11.0. The van der Waals surface area contributed by atoms with E-state index in [1.165, 1.54) is 36.0 Å². The molecule has 2 nitrogen and oxygen atoms in total. The molecule has 3 fully saturated rings. The van der Waals surface area contributed by atoms with Gasteiger partial charge in [-0.25, -0.2) is 0 Å². The second-order valence-corrected chi connectivity index (χ2v) is 7.74. The largest absolute Gasteiger partial charge is 0.392 e. The number of rotatable bonds is 4. The van der Waals surface area contributed by atoms with Gasteiger partial charge in [0.25, 0.3) is 0 Å². The van der Waals surface area contributed by atoms with Crippen LogP contribution in [0.3, 0.4) is 0 Å². The number of hydrogen-bond donors (Lipinski definition) is 2. The average molecular weight is 285 g/mol. The molecule has 6 unspecified atom stereocenters. The van der Waals surface area contributed by atoms with Crippen LogP contribution in [-0.4, -0.2) is 17.8 Å². The Balaban J connectivity index is 1.55. The second-order valence-electron chi connectivity index (χ2n) is 7.74. The zero-order chi connectivity index (χ0) is 14.7. The first kappa shape index (κ1) is 13.8. The number of aryl methyl sites for hydroxylation is 2. The smallest absolute Gasteiger partial charge is 0.0654 e. The predicted octanol–water partition coefficient (Wildman–Crippen LogP) is 3.00. The molecule has 0 spiro atoms. The van der Waals surface area contributed by atoms with Crippen LogP contribution in [0.4, 0.5) is 0 Å². The third-order valence-electron chi connectivity index (χ3n) is 6.81. The van der Waals surface area contributed by atoms with Gasteiger partial charge in [0.05, 0.1) is 6.10 Å². The number of benzene rings is 1. The molecule has 3 aliphatic carbocycles. The van der Waals surface area contributed by atoms with E-state index in [0.717, 1.165) is 23.7 Å². The van der Waals surface area contributed by atoms with Crippen LogP contribution in [0.25, 0.3) is 0 Å². The summed E-state index contributed by atoms with van der Waals surface area (Å²) in [6, 6.07) is 6.55. The van der Waals surface area contributed by atoms with Crippen molar-refractivity contribution in [3.63, 3.8) is 0 Å². The molecule has 2 bridgehead atoms. The van der Waals surface area contributed by atoms with E-state index in [0.29, 0.717) is 12.5 Å². The van der Waals surface area contributed by atoms with Crippen LogP contribution < -0.4 is 5.73 Å². The third kappa shape index (κ3) is 1.99. The molecule has 3 aliphatic rings. The highest BCUT2D eigenvalue weighted by atomic mass is 16.3. The summed E-state index contributed by atoms with van der Waals surface area (Å²) in [7, 11) is 0. The standard InChI is InChI=1S/C19H27NO/c1-10-3-4-12(7-11(10)2)15(9-20)19(21)18-16-13-5-6-14(8-13)17(16)18/h3-4,7,13-19,21H,5-6,8-9,20H2,1-2H3. The zero-order valence-corrected chi connectivity index (χ0v) is 13.1. The lowest BCUT2D eigenvalue weighted by Gasteiger charge is -2.25. The molecule has 1 aromatic carbocycles. The molecule has 21 heavy (non-hydrogen) atoms. The highest BCUT2D eigenvalue weighted by molar-refractivity contribution is 5.33. The van der Waals surface area contributed by atoms with Crippen LogP contribution in [0.5, 0.6) is 0 Å². The van der Waals surface area contributed by atoms with Gasteiger partial charge in [0.2, 0.25) is 0 Å². The van der Waals surface area contributed by atoms with Gasteiger partial charge in [0, 0.05) is 12.5 Å². The van der Waals surface area contributed by atoms with E-state index in [1.807, 2.05) is 0 Å². The normalized spacial score (nSPS) is 39.1. The van der Waals surface area contributed by atoms with Gasteiger partial charge in [-0.05, 0) is 79.4 Å². The maximum atomic E-state index is 11.0. The molecule has 0 aromatic heterocycles. The summed E-state index contributed by atoms with van der Waals surface area (Å²) < 4.78 is 0. The quantitative estimate of drug-likeness (QED) is 0.893. The Morgan fingerprint density at radius 2 is 1.81 bits per heavy atom. The van der Waals surface area contributed by atoms with Crippen LogP contribution in [0, 0.1) is 43.4 Å². The molecular weight excluding hydrogens is 258 g/mol. The summed E-state index contributed by atoms with van der Waals surface area (Å²) in [6.45, 7) is 4.83. The van der Waals surface area contributed by atoms with E-state index in [-0.39, 0.29) is 12.0 Å². The van der Waals surface area contributed by atoms with Crippen LogP contribution in [-0.2, 0) is 0 Å². The maximum Gasteiger partial charge on any atom is 0.0654 e. The second kappa shape index (κ2) is 4.82. The Morgan fingerprint density at radius 1 is 1.14 bits per heavy atom. The van der Waals surface area contributed by atoms with E-state index in [1.54, 1.807) is 0 Å². The molecule has 3 N–H and O–H groups in total. The number of nitrogens with two attached hydrogens (primary N) is 1. The molecule has 2 heteroatoms. The van der Waals surface area contributed by atoms with Crippen molar-refractivity contribution >= 4 is 0 Å². The fraction of sp³-hybridized carbons (Fsp3) is 0.684. The molecule has 114 valence electrons. The highest BCUT2D eigenvalue weighted by Crippen LogP contribution is 2.71. The Kier molecular flexibility index (Phi) is 3.16. The van der Waals surface area contributed by atoms with Crippen molar-refractivity contribution in [2.24, 2.45) is 35.3 Å². The van der Waals surface area contributed by atoms with E-state index in [9.17, 15) is 5.11 Å². The first-order chi connectivity index (χ1) is 10.1. The van der Waals surface area contributed by atoms with Crippen molar-refractivity contribution < 1.29 is 5.11 Å². The molecule has 0 aliphatic heterocycles. The van der Waals surface area contributed by atoms with Crippen molar-refractivity contribution in [3.05, 3.63) is 34.9 Å². The van der Waals surface area contributed by atoms with Gasteiger partial charge in [-0.3, -0.25) is 0 Å². The van der Waals surface area contributed by atoms with Gasteiger partial charge in [-0.15, -0.1) is 0 Å². The lowest BCUT2D eigenvalue weighted by atomic mass is 9.85. The van der Waals surface area contributed by atoms with Crippen molar-refractivity contribution in [1.82, 2.24) is 0 Å². The minimum absolute atomic E-state index is 0.110. The third-order valence-corrected chi connectivity index (χ3v) is 6.81. The van der Waals surface area contributed by atoms with Gasteiger partial charge in [-0.2, -0.15) is 0 Å². The molecular formula is C19H27NO. The average Bonchev–Trinajstić information content (AvgIpc) is 2.91. The summed E-state index contributed by atoms with van der Waals surface area (Å²) in [6.07, 6.45) is 4.02. The zero-order valence-electron chi connectivity index (χ0n) is 13.1. The minimum Gasteiger partial charge on any atom is -0.392 e. The predicted molar refractivity (Wildman–Crippen MR) is 85.0 cm³/mol. The summed E-state index contributed by atoms with van der Waals surface area (Å²) in [4.78, 5) is 0. The Labute approximate surface area is 127 Å². The maximum absolute atomic E-state index is 11.0. The number of fused-ring (bicyclic) bond motifs is 5. The van der Waals surface area contributed by atoms with Crippen molar-refractivity contribution in [3.8, 4) is 0 Å². The SMILES string of the molecule is Cc1ccc(C(CN)C(O)C2C3C4CCC(C4)C32)cc1C. The van der Waals surface area contributed by atoms with E-state index in [2.05, 4.69) is 32.0 Å². The number of aliphatic hydroxyl groups is 1. The van der Waals surface area contributed by atoms with Gasteiger partial charge in [0.15, 0.2) is 0 Å². The van der Waals surface area contributed by atoms with E-state index < -0.39 is 0 Å². The van der Waals surface area contributed by atoms with Crippen molar-refractivity contribution in [2.75, 3.05) is 6.54 Å². The highest BCUT2D eigenvalue weighted by Gasteiger charge is 2.67. The lowest BCUT2D eigenvalue weighted by molar-refractivity contribution is 0.102. The first-order valence-electron chi connectivity index (χ1n) is 8.57. The molecule has 1 aromatic rings. The lowest BCUT2D eigenvalue weighted by Crippen LogP contribution is -2.30. The molecule has 6 atom stereocenters. The van der Waals surface area contributed by atoms with Crippen LogP contribution in [0.2, 0.25) is 0 Å². The summed E-state index contributed by atoms with van der Waals surface area (Å²) in [5.41, 5.74) is 9.87.